The normalized spacial score (nSPS) is 15.2. The molecule has 2 heterocycles. The average Bonchev–Trinajstić information content (AvgIpc) is 3.27. The standard InChI is InChI=1S/C20H18N2O6S2/c23-18(24)7-2-1-3-10-21-19(25)17(30-20(21)29)12-15-8-9-16(28-15)13-5-4-6-14(11-13)22(26)27/h4-6,8-9,11-12H,1-3,7,10H2,(H,23,24)/b17-12+. The van der Waals surface area contributed by atoms with Gasteiger partial charge in [-0.2, -0.15) is 0 Å². The molecule has 1 aliphatic heterocycles. The Morgan fingerprint density at radius 2 is 2.07 bits per heavy atom. The summed E-state index contributed by atoms with van der Waals surface area (Å²) in [5.74, 6) is -0.139. The van der Waals surface area contributed by atoms with Crippen molar-refractivity contribution in [2.24, 2.45) is 0 Å². The lowest BCUT2D eigenvalue weighted by atomic mass is 10.1. The highest BCUT2D eigenvalue weighted by atomic mass is 32.2. The van der Waals surface area contributed by atoms with Crippen LogP contribution >= 0.6 is 24.0 Å². The summed E-state index contributed by atoms with van der Waals surface area (Å²) < 4.78 is 6.19. The van der Waals surface area contributed by atoms with Gasteiger partial charge in [0.05, 0.1) is 9.83 Å². The molecule has 1 aromatic heterocycles. The number of carbonyl (C=O) groups excluding carboxylic acids is 1. The van der Waals surface area contributed by atoms with Crippen molar-refractivity contribution in [1.82, 2.24) is 4.90 Å². The molecule has 0 spiro atoms. The van der Waals surface area contributed by atoms with E-state index in [0.717, 1.165) is 0 Å². The van der Waals surface area contributed by atoms with E-state index in [9.17, 15) is 19.7 Å². The van der Waals surface area contributed by atoms with Crippen molar-refractivity contribution in [2.45, 2.75) is 25.7 Å². The number of thiocarbonyl (C=S) groups is 1. The first-order valence-electron chi connectivity index (χ1n) is 9.17. The molecule has 1 aliphatic rings. The number of nitro benzene ring substituents is 1. The quantitative estimate of drug-likeness (QED) is 0.194. The summed E-state index contributed by atoms with van der Waals surface area (Å²) in [6.07, 6.45) is 3.65. The van der Waals surface area contributed by atoms with E-state index in [4.69, 9.17) is 21.7 Å². The molecule has 1 N–H and O–H groups in total. The second-order valence-electron chi connectivity index (χ2n) is 6.55. The Morgan fingerprint density at radius 3 is 2.80 bits per heavy atom. The van der Waals surface area contributed by atoms with Crippen molar-refractivity contribution in [3.05, 3.63) is 57.2 Å². The number of rotatable bonds is 9. The highest BCUT2D eigenvalue weighted by Crippen LogP contribution is 2.34. The van der Waals surface area contributed by atoms with Gasteiger partial charge in [-0.3, -0.25) is 24.6 Å². The van der Waals surface area contributed by atoms with Crippen LogP contribution in [0.2, 0.25) is 0 Å². The van der Waals surface area contributed by atoms with E-state index in [1.807, 2.05) is 0 Å². The minimum atomic E-state index is -0.827. The minimum absolute atomic E-state index is 0.0327. The van der Waals surface area contributed by atoms with Crippen LogP contribution < -0.4 is 0 Å². The Bertz CT molecular complexity index is 1030. The van der Waals surface area contributed by atoms with Crippen molar-refractivity contribution in [3.8, 4) is 11.3 Å². The van der Waals surface area contributed by atoms with Crippen LogP contribution in [0.5, 0.6) is 0 Å². The zero-order chi connectivity index (χ0) is 21.7. The molecule has 0 atom stereocenters. The molecule has 0 saturated carbocycles. The van der Waals surface area contributed by atoms with Gasteiger partial charge in [-0.25, -0.2) is 0 Å². The number of aliphatic carboxylic acids is 1. The Hall–Kier alpha value is -2.98. The molecule has 8 nitrogen and oxygen atoms in total. The van der Waals surface area contributed by atoms with Gasteiger partial charge in [0, 0.05) is 36.7 Å². The molecule has 1 saturated heterocycles. The third kappa shape index (κ3) is 5.33. The van der Waals surface area contributed by atoms with Crippen molar-refractivity contribution in [3.63, 3.8) is 0 Å². The summed E-state index contributed by atoms with van der Waals surface area (Å²) >= 11 is 6.47. The summed E-state index contributed by atoms with van der Waals surface area (Å²) in [5.41, 5.74) is 0.535. The lowest BCUT2D eigenvalue weighted by Gasteiger charge is -2.13. The van der Waals surface area contributed by atoms with Gasteiger partial charge in [0.25, 0.3) is 11.6 Å². The second-order valence-corrected chi connectivity index (χ2v) is 8.22. The van der Waals surface area contributed by atoms with Crippen LogP contribution in [0.15, 0.2) is 45.7 Å². The zero-order valence-electron chi connectivity index (χ0n) is 15.8. The maximum Gasteiger partial charge on any atom is 0.303 e. The van der Waals surface area contributed by atoms with Gasteiger partial charge in [0.1, 0.15) is 15.8 Å². The third-order valence-corrected chi connectivity index (χ3v) is 5.77. The summed E-state index contributed by atoms with van der Waals surface area (Å²) in [6, 6.07) is 9.49. The predicted molar refractivity (Wildman–Crippen MR) is 117 cm³/mol. The number of amides is 1. The summed E-state index contributed by atoms with van der Waals surface area (Å²) in [7, 11) is 0. The number of carboxylic acid groups (broad SMARTS) is 1. The first kappa shape index (κ1) is 21.7. The van der Waals surface area contributed by atoms with Gasteiger partial charge in [0.2, 0.25) is 0 Å². The molecule has 1 fully saturated rings. The molecule has 156 valence electrons. The minimum Gasteiger partial charge on any atom is -0.481 e. The summed E-state index contributed by atoms with van der Waals surface area (Å²) in [6.45, 7) is 0.443. The maximum absolute atomic E-state index is 12.6. The van der Waals surface area contributed by atoms with Crippen LogP contribution in [0.4, 0.5) is 5.69 Å². The van der Waals surface area contributed by atoms with Crippen molar-refractivity contribution < 1.29 is 24.0 Å². The zero-order valence-corrected chi connectivity index (χ0v) is 17.4. The molecule has 1 amide bonds. The van der Waals surface area contributed by atoms with E-state index in [0.29, 0.717) is 52.1 Å². The number of benzene rings is 1. The van der Waals surface area contributed by atoms with Gasteiger partial charge in [-0.1, -0.05) is 42.5 Å². The number of nitrogens with zero attached hydrogens (tertiary/aromatic N) is 2. The van der Waals surface area contributed by atoms with E-state index in [2.05, 4.69) is 0 Å². The number of furan rings is 1. The Kier molecular flexibility index (Phi) is 7.01. The van der Waals surface area contributed by atoms with Crippen LogP contribution in [-0.2, 0) is 9.59 Å². The summed E-state index contributed by atoms with van der Waals surface area (Å²) in [4.78, 5) is 35.6. The number of carbonyl (C=O) groups is 2. The highest BCUT2D eigenvalue weighted by molar-refractivity contribution is 8.26. The van der Waals surface area contributed by atoms with Crippen LogP contribution in [0.1, 0.15) is 31.4 Å². The van der Waals surface area contributed by atoms with Crippen molar-refractivity contribution >= 4 is 51.9 Å². The summed E-state index contributed by atoms with van der Waals surface area (Å²) in [5, 5.41) is 19.6. The predicted octanol–water partition coefficient (Wildman–Crippen LogP) is 4.70. The maximum atomic E-state index is 12.6. The van der Waals surface area contributed by atoms with Gasteiger partial charge in [-0.15, -0.1) is 0 Å². The molecule has 0 aliphatic carbocycles. The number of carboxylic acids is 1. The number of non-ortho nitro benzene ring substituents is 1. The fraction of sp³-hybridized carbons (Fsp3) is 0.250. The fourth-order valence-corrected chi connectivity index (χ4v) is 4.19. The molecule has 30 heavy (non-hydrogen) atoms. The van der Waals surface area contributed by atoms with Crippen molar-refractivity contribution in [2.75, 3.05) is 6.54 Å². The third-order valence-electron chi connectivity index (χ3n) is 4.39. The first-order valence-corrected chi connectivity index (χ1v) is 10.4. The number of thioether (sulfide) groups is 1. The van der Waals surface area contributed by atoms with Gasteiger partial charge < -0.3 is 9.52 Å². The lowest BCUT2D eigenvalue weighted by molar-refractivity contribution is -0.384. The highest BCUT2D eigenvalue weighted by Gasteiger charge is 2.31. The number of hydrogen-bond acceptors (Lipinski definition) is 7. The smallest absolute Gasteiger partial charge is 0.303 e. The van der Waals surface area contributed by atoms with Gasteiger partial charge in [0.15, 0.2) is 0 Å². The molecule has 0 radical (unpaired) electrons. The molecule has 3 rings (SSSR count). The first-order chi connectivity index (χ1) is 14.3. The van der Waals surface area contributed by atoms with E-state index in [1.165, 1.54) is 28.8 Å². The number of nitro groups is 1. The Labute approximate surface area is 181 Å². The molecule has 2 aromatic rings. The second kappa shape index (κ2) is 9.68. The molecular weight excluding hydrogens is 428 g/mol. The number of unbranched alkanes of at least 4 members (excludes halogenated alkanes) is 2. The van der Waals surface area contributed by atoms with Gasteiger partial charge >= 0.3 is 5.97 Å². The molecular formula is C20H18N2O6S2. The average molecular weight is 447 g/mol. The molecule has 0 unspecified atom stereocenters. The van der Waals surface area contributed by atoms with Crippen LogP contribution in [0.25, 0.3) is 17.4 Å². The molecule has 10 heteroatoms. The topological polar surface area (TPSA) is 114 Å². The van der Waals surface area contributed by atoms with E-state index < -0.39 is 10.9 Å². The van der Waals surface area contributed by atoms with Crippen LogP contribution in [0.3, 0.4) is 0 Å². The molecule has 1 aromatic carbocycles. The largest absolute Gasteiger partial charge is 0.481 e. The number of hydrogen-bond donors (Lipinski definition) is 1. The fourth-order valence-electron chi connectivity index (χ4n) is 2.90. The van der Waals surface area contributed by atoms with E-state index in [-0.39, 0.29) is 18.0 Å². The van der Waals surface area contributed by atoms with Crippen molar-refractivity contribution in [1.29, 1.82) is 0 Å². The van der Waals surface area contributed by atoms with E-state index in [1.54, 1.807) is 30.3 Å². The lowest BCUT2D eigenvalue weighted by Crippen LogP contribution is -2.29. The van der Waals surface area contributed by atoms with Crippen LogP contribution in [0, 0.1) is 10.1 Å². The monoisotopic (exact) mass is 446 g/mol. The Morgan fingerprint density at radius 1 is 1.27 bits per heavy atom. The van der Waals surface area contributed by atoms with Gasteiger partial charge in [-0.05, 0) is 25.0 Å². The SMILES string of the molecule is O=C(O)CCCCCN1C(=O)/C(=C\c2ccc(-c3cccc([N+](=O)[O-])c3)o2)SC1=S. The van der Waals surface area contributed by atoms with E-state index >= 15 is 0 Å². The van der Waals surface area contributed by atoms with Crippen LogP contribution in [-0.4, -0.2) is 37.7 Å². The Balaban J connectivity index is 1.65. The molecule has 0 bridgehead atoms.